The molecule has 3 aliphatic rings. The second-order valence-corrected chi connectivity index (χ2v) is 19.6. The molecule has 74 heavy (non-hydrogen) atoms. The Morgan fingerprint density at radius 1 is 0.757 bits per heavy atom. The number of hydrogen-bond acceptors (Lipinski definition) is 20. The molecule has 0 bridgehead atoms. The molecule has 3 heterocycles. The number of esters is 6. The first kappa shape index (κ1) is 63.5. The van der Waals surface area contributed by atoms with Crippen LogP contribution in [-0.2, 0) is 85.6 Å². The number of cyclic esters (lactones) is 1. The first-order chi connectivity index (χ1) is 34.6. The highest BCUT2D eigenvalue weighted by molar-refractivity contribution is 5.88. The lowest BCUT2D eigenvalue weighted by Crippen LogP contribution is -2.67. The summed E-state index contributed by atoms with van der Waals surface area (Å²) < 4.78 is 71.3. The zero-order valence-corrected chi connectivity index (χ0v) is 46.0. The normalized spacial score (nSPS) is 36.9. The van der Waals surface area contributed by atoms with Crippen molar-refractivity contribution in [3.8, 4) is 0 Å². The van der Waals surface area contributed by atoms with Crippen LogP contribution in [0.5, 0.6) is 0 Å². The molecule has 418 valence electrons. The highest BCUT2D eigenvalue weighted by Crippen LogP contribution is 2.44. The fourth-order valence-electron chi connectivity index (χ4n) is 9.81. The molecule has 3 rings (SSSR count). The second kappa shape index (κ2) is 29.5. The molecule has 0 spiro atoms. The Bertz CT molecular complexity index is 2080. The number of aliphatic hydroxyl groups excluding tert-OH is 1. The minimum absolute atomic E-state index is 0.0849. The van der Waals surface area contributed by atoms with E-state index >= 15 is 0 Å². The topological polar surface area (TPSA) is 254 Å². The molecule has 0 aromatic rings. The first-order valence-electron chi connectivity index (χ1n) is 25.1. The van der Waals surface area contributed by atoms with Crippen molar-refractivity contribution in [1.82, 2.24) is 0 Å². The summed E-state index contributed by atoms with van der Waals surface area (Å²) in [6.45, 7) is 19.9. The molecule has 2 saturated heterocycles. The molecular formula is C54H82O20. The van der Waals surface area contributed by atoms with E-state index in [1.165, 1.54) is 55.9 Å². The molecule has 0 unspecified atom stereocenters. The minimum Gasteiger partial charge on any atom is -0.462 e. The van der Waals surface area contributed by atoms with Crippen LogP contribution in [0.1, 0.15) is 116 Å². The molecule has 3 aliphatic heterocycles. The SMILES string of the molecule is COC[C@H](O)C[C@H]1O[C@@](O)([C@H](OC(C)=O)[C@@H]2C[C@H](OC)[C@H](OC(C)=O)CC/C=C(C)/C=C/[C@@H](O[C@@H]3O[C@@H](C)[C@H](OC)[C@@H](OC(C)=O)[C@@H]3OC(C)=O)[C@H](C)/C=C(C)/C=C(C)/C=C(\C)C(=O)O2)[C@H](C)[C@@H](OC(C)=O)[C@H]1C. The first-order valence-corrected chi connectivity index (χ1v) is 25.1. The van der Waals surface area contributed by atoms with Gasteiger partial charge in [-0.25, -0.2) is 4.79 Å². The van der Waals surface area contributed by atoms with E-state index in [1.807, 2.05) is 51.2 Å². The lowest BCUT2D eigenvalue weighted by Gasteiger charge is -2.52. The Labute approximate surface area is 436 Å². The Morgan fingerprint density at radius 2 is 1.36 bits per heavy atom. The van der Waals surface area contributed by atoms with Gasteiger partial charge < -0.3 is 67.1 Å². The third-order valence-electron chi connectivity index (χ3n) is 13.2. The van der Waals surface area contributed by atoms with Crippen molar-refractivity contribution in [2.75, 3.05) is 27.9 Å². The second-order valence-electron chi connectivity index (χ2n) is 19.6. The Balaban J connectivity index is 2.25. The van der Waals surface area contributed by atoms with Crippen molar-refractivity contribution >= 4 is 35.8 Å². The molecule has 0 aliphatic carbocycles. The van der Waals surface area contributed by atoms with Crippen LogP contribution >= 0.6 is 0 Å². The van der Waals surface area contributed by atoms with Gasteiger partial charge in [-0.3, -0.25) is 24.0 Å². The van der Waals surface area contributed by atoms with E-state index in [-0.39, 0.29) is 37.4 Å². The number of aliphatic hydroxyl groups is 2. The molecule has 2 fully saturated rings. The number of ether oxygens (including phenoxy) is 12. The van der Waals surface area contributed by atoms with Gasteiger partial charge in [0.1, 0.15) is 24.4 Å². The zero-order chi connectivity index (χ0) is 55.8. The van der Waals surface area contributed by atoms with Crippen LogP contribution in [-0.4, -0.2) is 159 Å². The van der Waals surface area contributed by atoms with Crippen molar-refractivity contribution < 1.29 is 95.8 Å². The van der Waals surface area contributed by atoms with Crippen molar-refractivity contribution in [3.05, 3.63) is 58.7 Å². The van der Waals surface area contributed by atoms with E-state index in [9.17, 15) is 39.0 Å². The lowest BCUT2D eigenvalue weighted by molar-refractivity contribution is -0.363. The maximum atomic E-state index is 14.4. The Hall–Kier alpha value is -4.80. The standard InChI is InChI=1S/C54H82O20/c1-28-18-17-19-43(67-36(9)55)45(64-15)26-46(51(71-40(13)59)54(62)34(7)47(68-37(10)56)33(6)44(74-54)25-41(60)27-63-14)72-52(61)32(5)24-30(3)22-29(2)23-31(4)42(21-20-28)73-53-50(70-39(12)58)49(69-38(11)57)48(65-16)35(8)66-53/h18,20-24,31,33-35,41-51,53,60,62H,17,19,25-27H2,1-16H3/b21-20+,28-18+,29-23+,30-22+,32-24+/t31-,33+,34-,35+,41-,42-,43-,44-,45+,46+,47+,48+,49-,50+,51-,53+,54-/m1/s1. The van der Waals surface area contributed by atoms with Gasteiger partial charge in [-0.2, -0.15) is 0 Å². The van der Waals surface area contributed by atoms with Crippen LogP contribution in [0, 0.1) is 17.8 Å². The van der Waals surface area contributed by atoms with Gasteiger partial charge >= 0.3 is 35.8 Å². The quantitative estimate of drug-likeness (QED) is 0.149. The van der Waals surface area contributed by atoms with Crippen molar-refractivity contribution in [2.45, 2.75) is 201 Å². The number of carbonyl (C=O) groups excluding carboxylic acids is 6. The van der Waals surface area contributed by atoms with Gasteiger partial charge in [0.25, 0.3) is 0 Å². The number of methoxy groups -OCH3 is 3. The molecule has 0 saturated carbocycles. The van der Waals surface area contributed by atoms with Gasteiger partial charge in [0, 0.05) is 86.2 Å². The van der Waals surface area contributed by atoms with E-state index in [2.05, 4.69) is 0 Å². The summed E-state index contributed by atoms with van der Waals surface area (Å²) in [5.74, 6) is -9.01. The highest BCUT2D eigenvalue weighted by atomic mass is 16.7. The summed E-state index contributed by atoms with van der Waals surface area (Å²) in [4.78, 5) is 77.6. The van der Waals surface area contributed by atoms with Gasteiger partial charge in [0.2, 0.25) is 5.79 Å². The van der Waals surface area contributed by atoms with E-state index < -0.39 is 133 Å². The van der Waals surface area contributed by atoms with Crippen molar-refractivity contribution in [2.24, 2.45) is 17.8 Å². The van der Waals surface area contributed by atoms with Gasteiger partial charge in [-0.15, -0.1) is 0 Å². The maximum absolute atomic E-state index is 14.4. The molecule has 0 aromatic carbocycles. The van der Waals surface area contributed by atoms with Gasteiger partial charge in [0.05, 0.1) is 43.0 Å². The monoisotopic (exact) mass is 1050 g/mol. The number of rotatable bonds is 15. The summed E-state index contributed by atoms with van der Waals surface area (Å²) in [6, 6.07) is 0. The van der Waals surface area contributed by atoms with Crippen LogP contribution in [0.25, 0.3) is 0 Å². The minimum atomic E-state index is -2.54. The van der Waals surface area contributed by atoms with Gasteiger partial charge in [-0.05, 0) is 53.5 Å². The maximum Gasteiger partial charge on any atom is 0.334 e. The summed E-state index contributed by atoms with van der Waals surface area (Å²) in [5.41, 5.74) is 2.26. The summed E-state index contributed by atoms with van der Waals surface area (Å²) in [7, 11) is 4.21. The molecule has 20 nitrogen and oxygen atoms in total. The number of carbonyl (C=O) groups is 6. The summed E-state index contributed by atoms with van der Waals surface area (Å²) in [6.07, 6.45) is -3.26. The van der Waals surface area contributed by atoms with Crippen LogP contribution in [0.4, 0.5) is 0 Å². The molecule has 0 aromatic heterocycles. The van der Waals surface area contributed by atoms with Crippen LogP contribution in [0.3, 0.4) is 0 Å². The molecule has 2 N–H and O–H groups in total. The lowest BCUT2D eigenvalue weighted by atomic mass is 9.75. The molecule has 17 atom stereocenters. The van der Waals surface area contributed by atoms with Crippen LogP contribution < -0.4 is 0 Å². The summed E-state index contributed by atoms with van der Waals surface area (Å²) >= 11 is 0. The largest absolute Gasteiger partial charge is 0.462 e. The number of allylic oxidation sites excluding steroid dienone is 7. The predicted octanol–water partition coefficient (Wildman–Crippen LogP) is 5.64. The van der Waals surface area contributed by atoms with Crippen LogP contribution in [0.2, 0.25) is 0 Å². The Morgan fingerprint density at radius 3 is 1.93 bits per heavy atom. The highest BCUT2D eigenvalue weighted by Gasteiger charge is 2.60. The third-order valence-corrected chi connectivity index (χ3v) is 13.2. The van der Waals surface area contributed by atoms with E-state index in [0.29, 0.717) is 12.0 Å². The Kier molecular flexibility index (Phi) is 25.3. The van der Waals surface area contributed by atoms with E-state index in [0.717, 1.165) is 18.1 Å². The van der Waals surface area contributed by atoms with Crippen molar-refractivity contribution in [3.63, 3.8) is 0 Å². The molecule has 20 heteroatoms. The van der Waals surface area contributed by atoms with E-state index in [1.54, 1.807) is 33.8 Å². The fraction of sp³-hybridized carbons (Fsp3) is 0.704. The molecular weight excluding hydrogens is 969 g/mol. The fourth-order valence-corrected chi connectivity index (χ4v) is 9.81. The molecule has 0 amide bonds. The van der Waals surface area contributed by atoms with E-state index in [4.69, 9.17) is 56.8 Å². The predicted molar refractivity (Wildman–Crippen MR) is 266 cm³/mol. The zero-order valence-electron chi connectivity index (χ0n) is 46.0. The average molecular weight is 1050 g/mol. The molecule has 0 radical (unpaired) electrons. The van der Waals surface area contributed by atoms with Gasteiger partial charge in [0.15, 0.2) is 24.6 Å². The average Bonchev–Trinajstić information content (AvgIpc) is 3.28. The van der Waals surface area contributed by atoms with Gasteiger partial charge in [-0.1, -0.05) is 67.9 Å². The number of hydrogen-bond donors (Lipinski definition) is 2. The third kappa shape index (κ3) is 18.5. The smallest absolute Gasteiger partial charge is 0.334 e. The van der Waals surface area contributed by atoms with Crippen LogP contribution in [0.15, 0.2) is 58.7 Å². The summed E-state index contributed by atoms with van der Waals surface area (Å²) in [5, 5.41) is 23.8. The van der Waals surface area contributed by atoms with Crippen molar-refractivity contribution in [1.29, 1.82) is 0 Å².